The number of alkyl halides is 3. The number of amides is 1. The highest BCUT2D eigenvalue weighted by Gasteiger charge is 2.48. The number of pyridine rings is 1. The summed E-state index contributed by atoms with van der Waals surface area (Å²) >= 11 is 1.36. The molecule has 1 aromatic carbocycles. The number of rotatable bonds is 3. The molecule has 0 aliphatic carbocycles. The molecule has 0 fully saturated rings. The van der Waals surface area contributed by atoms with Crippen LogP contribution in [0.3, 0.4) is 0 Å². The number of hydrogen-bond donors (Lipinski definition) is 1. The molecular formula is C23H18F3N5OS. The van der Waals surface area contributed by atoms with Crippen LogP contribution in [0.2, 0.25) is 0 Å². The predicted molar refractivity (Wildman–Crippen MR) is 118 cm³/mol. The Labute approximate surface area is 191 Å². The third kappa shape index (κ3) is 3.96. The number of thiophene rings is 1. The number of benzene rings is 1. The molecule has 2 N–H and O–H groups in total. The minimum absolute atomic E-state index is 0.0139. The number of nitrogens with zero attached hydrogens (tertiary/aromatic N) is 4. The molecule has 0 radical (unpaired) electrons. The molecule has 4 rings (SSSR count). The lowest BCUT2D eigenvalue weighted by Crippen LogP contribution is -2.52. The summed E-state index contributed by atoms with van der Waals surface area (Å²) in [7, 11) is 1.47. The maximum atomic E-state index is 13.3. The summed E-state index contributed by atoms with van der Waals surface area (Å²) in [5, 5.41) is 11.1. The molecule has 1 aliphatic heterocycles. The van der Waals surface area contributed by atoms with Crippen LogP contribution in [0.5, 0.6) is 0 Å². The van der Waals surface area contributed by atoms with Crippen molar-refractivity contribution in [3.05, 3.63) is 75.7 Å². The maximum Gasteiger partial charge on any atom is 0.433 e. The number of halogens is 3. The Morgan fingerprint density at radius 1 is 1.21 bits per heavy atom. The van der Waals surface area contributed by atoms with Crippen molar-refractivity contribution < 1.29 is 18.0 Å². The number of hydrogen-bond acceptors (Lipinski definition) is 6. The molecule has 0 spiro atoms. The van der Waals surface area contributed by atoms with Crippen LogP contribution in [-0.2, 0) is 16.5 Å². The molecule has 2 atom stereocenters. The van der Waals surface area contributed by atoms with Crippen LogP contribution in [0.25, 0.3) is 11.1 Å². The van der Waals surface area contributed by atoms with E-state index in [1.807, 2.05) is 17.5 Å². The Bertz CT molecular complexity index is 1290. The van der Waals surface area contributed by atoms with Crippen LogP contribution in [0.15, 0.2) is 59.0 Å². The van der Waals surface area contributed by atoms with Crippen molar-refractivity contribution in [3.63, 3.8) is 0 Å². The lowest BCUT2D eigenvalue weighted by Gasteiger charge is -2.39. The molecule has 10 heteroatoms. The maximum absolute atomic E-state index is 13.3. The summed E-state index contributed by atoms with van der Waals surface area (Å²) in [6.07, 6.45) is -3.52. The summed E-state index contributed by atoms with van der Waals surface area (Å²) in [5.41, 5.74) is 6.29. The summed E-state index contributed by atoms with van der Waals surface area (Å²) in [6.45, 7) is 1.73. The first-order valence-electron chi connectivity index (χ1n) is 9.80. The highest BCUT2D eigenvalue weighted by molar-refractivity contribution is 7.10. The van der Waals surface area contributed by atoms with Crippen LogP contribution in [0.1, 0.15) is 34.5 Å². The van der Waals surface area contributed by atoms with Crippen LogP contribution in [0, 0.1) is 11.3 Å². The fraction of sp³-hybridized carbons (Fsp3) is 0.217. The second kappa shape index (κ2) is 8.01. The van der Waals surface area contributed by atoms with Gasteiger partial charge in [0.2, 0.25) is 5.91 Å². The topological polar surface area (TPSA) is 95.4 Å². The van der Waals surface area contributed by atoms with Crippen LogP contribution < -0.4 is 5.73 Å². The van der Waals surface area contributed by atoms with E-state index in [-0.39, 0.29) is 5.96 Å². The third-order valence-corrected chi connectivity index (χ3v) is 6.82. The zero-order valence-corrected chi connectivity index (χ0v) is 18.4. The van der Waals surface area contributed by atoms with E-state index in [9.17, 15) is 23.2 Å². The van der Waals surface area contributed by atoms with Gasteiger partial charge in [-0.15, -0.1) is 11.3 Å². The van der Waals surface area contributed by atoms with Crippen molar-refractivity contribution in [2.45, 2.75) is 24.6 Å². The Kier molecular flexibility index (Phi) is 5.46. The standard InChI is InChI=1S/C23H18F3N5OS/c1-22(18-9-16(12-33-18)14-5-3-4-13(8-14)10-27)19(20(32)31(2)21(28)30-22)15-6-7-17(29-11-15)23(24,25)26/h3-9,11-12,19H,1-2H3,(H2,28,30)/t19-,22-/m1/s1. The number of aliphatic imine (C=N–C) groups is 1. The molecule has 0 saturated heterocycles. The molecule has 3 heterocycles. The smallest absolute Gasteiger partial charge is 0.369 e. The van der Waals surface area contributed by atoms with E-state index >= 15 is 0 Å². The largest absolute Gasteiger partial charge is 0.433 e. The molecule has 1 amide bonds. The van der Waals surface area contributed by atoms with Gasteiger partial charge in [0.15, 0.2) is 5.96 Å². The molecule has 168 valence electrons. The zero-order chi connectivity index (χ0) is 24.0. The first-order chi connectivity index (χ1) is 15.5. The molecule has 6 nitrogen and oxygen atoms in total. The molecule has 33 heavy (non-hydrogen) atoms. The Hall–Kier alpha value is -3.71. The Morgan fingerprint density at radius 2 is 1.97 bits per heavy atom. The fourth-order valence-corrected chi connectivity index (χ4v) is 4.91. The summed E-state index contributed by atoms with van der Waals surface area (Å²) in [5.74, 6) is -1.31. The second-order valence-electron chi connectivity index (χ2n) is 7.81. The molecular weight excluding hydrogens is 451 g/mol. The molecule has 2 aromatic heterocycles. The normalized spacial score (nSPS) is 21.0. The lowest BCUT2D eigenvalue weighted by atomic mass is 9.78. The van der Waals surface area contributed by atoms with Crippen LogP contribution in [0.4, 0.5) is 13.2 Å². The fourth-order valence-electron chi connectivity index (χ4n) is 3.85. The van der Waals surface area contributed by atoms with Crippen molar-refractivity contribution in [2.24, 2.45) is 10.7 Å². The minimum atomic E-state index is -4.58. The van der Waals surface area contributed by atoms with Gasteiger partial charge in [-0.3, -0.25) is 14.7 Å². The van der Waals surface area contributed by atoms with Gasteiger partial charge in [-0.1, -0.05) is 18.2 Å². The molecule has 0 saturated carbocycles. The number of nitrogens with two attached hydrogens (primary N) is 1. The third-order valence-electron chi connectivity index (χ3n) is 5.66. The second-order valence-corrected chi connectivity index (χ2v) is 8.73. The van der Waals surface area contributed by atoms with E-state index in [1.54, 1.807) is 25.1 Å². The van der Waals surface area contributed by atoms with Gasteiger partial charge >= 0.3 is 6.18 Å². The van der Waals surface area contributed by atoms with Crippen LogP contribution in [-0.4, -0.2) is 28.8 Å². The van der Waals surface area contributed by atoms with Gasteiger partial charge in [-0.05, 0) is 53.3 Å². The average molecular weight is 469 g/mol. The first kappa shape index (κ1) is 22.5. The number of nitriles is 1. The highest BCUT2D eigenvalue weighted by Crippen LogP contribution is 2.47. The zero-order valence-electron chi connectivity index (χ0n) is 17.6. The highest BCUT2D eigenvalue weighted by atomic mass is 32.1. The average Bonchev–Trinajstić information content (AvgIpc) is 3.29. The quantitative estimate of drug-likeness (QED) is 0.612. The van der Waals surface area contributed by atoms with Gasteiger partial charge in [0, 0.05) is 18.1 Å². The minimum Gasteiger partial charge on any atom is -0.369 e. The summed E-state index contributed by atoms with van der Waals surface area (Å²) < 4.78 is 39.0. The van der Waals surface area contributed by atoms with E-state index < -0.39 is 29.2 Å². The summed E-state index contributed by atoms with van der Waals surface area (Å²) in [6, 6.07) is 13.2. The molecule has 3 aromatic rings. The van der Waals surface area contributed by atoms with Crippen molar-refractivity contribution in [1.82, 2.24) is 9.88 Å². The summed E-state index contributed by atoms with van der Waals surface area (Å²) in [4.78, 5) is 23.3. The number of guanidine groups is 1. The van der Waals surface area contributed by atoms with Gasteiger partial charge in [0.05, 0.1) is 17.6 Å². The predicted octanol–water partition coefficient (Wildman–Crippen LogP) is 4.49. The van der Waals surface area contributed by atoms with Crippen molar-refractivity contribution >= 4 is 23.2 Å². The monoisotopic (exact) mass is 469 g/mol. The number of carbonyl (C=O) groups is 1. The Balaban J connectivity index is 1.81. The van der Waals surface area contributed by atoms with Crippen molar-refractivity contribution in [1.29, 1.82) is 5.26 Å². The van der Waals surface area contributed by atoms with E-state index in [2.05, 4.69) is 16.0 Å². The van der Waals surface area contributed by atoms with Gasteiger partial charge in [0.25, 0.3) is 0 Å². The van der Waals surface area contributed by atoms with Gasteiger partial charge in [-0.25, -0.2) is 4.99 Å². The SMILES string of the molecule is CN1C(=O)[C@@H](c2ccc(C(F)(F)F)nc2)[C@@](C)(c2cc(-c3cccc(C#N)c3)cs2)N=C1N. The van der Waals surface area contributed by atoms with E-state index in [4.69, 9.17) is 5.73 Å². The molecule has 0 unspecified atom stereocenters. The molecule has 0 bridgehead atoms. The van der Waals surface area contributed by atoms with Crippen molar-refractivity contribution in [2.75, 3.05) is 7.05 Å². The van der Waals surface area contributed by atoms with Gasteiger partial charge in [-0.2, -0.15) is 18.4 Å². The first-order valence-corrected chi connectivity index (χ1v) is 10.7. The van der Waals surface area contributed by atoms with Gasteiger partial charge < -0.3 is 5.73 Å². The van der Waals surface area contributed by atoms with Crippen molar-refractivity contribution in [3.8, 4) is 17.2 Å². The van der Waals surface area contributed by atoms with Gasteiger partial charge in [0.1, 0.15) is 11.2 Å². The van der Waals surface area contributed by atoms with E-state index in [1.165, 1.54) is 29.4 Å². The number of likely N-dealkylation sites (N-methyl/N-ethyl adjacent to an activating group) is 1. The molecule has 1 aliphatic rings. The Morgan fingerprint density at radius 3 is 2.61 bits per heavy atom. The van der Waals surface area contributed by atoms with Crippen LogP contribution >= 0.6 is 11.3 Å². The van der Waals surface area contributed by atoms with E-state index in [0.29, 0.717) is 16.0 Å². The number of carbonyl (C=O) groups excluding carboxylic acids is 1. The lowest BCUT2D eigenvalue weighted by molar-refractivity contribution is -0.141. The number of aromatic nitrogens is 1. The van der Waals surface area contributed by atoms with E-state index in [0.717, 1.165) is 23.4 Å².